The lowest BCUT2D eigenvalue weighted by molar-refractivity contribution is 0.0726. The van der Waals surface area contributed by atoms with Crippen LogP contribution in [0.15, 0.2) is 60.7 Å². The van der Waals surface area contributed by atoms with Gasteiger partial charge >= 0.3 is 0 Å². The van der Waals surface area contributed by atoms with E-state index >= 15 is 0 Å². The molecule has 0 bridgehead atoms. The number of sulfone groups is 1. The summed E-state index contributed by atoms with van der Waals surface area (Å²) in [5.41, 5.74) is 1.03. The van der Waals surface area contributed by atoms with Crippen molar-refractivity contribution in [3.63, 3.8) is 0 Å². The highest BCUT2D eigenvalue weighted by atomic mass is 35.5. The molecular formula is C22H20ClNO3S2. The van der Waals surface area contributed by atoms with E-state index < -0.39 is 9.84 Å². The molecule has 4 nitrogen and oxygen atoms in total. The molecule has 4 rings (SSSR count). The molecule has 1 saturated heterocycles. The number of halogens is 1. The van der Waals surface area contributed by atoms with Crippen LogP contribution in [0.1, 0.15) is 21.7 Å². The molecule has 1 amide bonds. The van der Waals surface area contributed by atoms with Gasteiger partial charge in [-0.25, -0.2) is 8.42 Å². The molecule has 1 unspecified atom stereocenters. The zero-order chi connectivity index (χ0) is 20.4. The van der Waals surface area contributed by atoms with Gasteiger partial charge in [-0.15, -0.1) is 11.3 Å². The second kappa shape index (κ2) is 8.30. The Bertz CT molecular complexity index is 1170. The average Bonchev–Trinajstić information content (AvgIpc) is 3.25. The monoisotopic (exact) mass is 445 g/mol. The highest BCUT2D eigenvalue weighted by molar-refractivity contribution is 7.91. The van der Waals surface area contributed by atoms with Crippen LogP contribution < -0.4 is 0 Å². The predicted octanol–water partition coefficient (Wildman–Crippen LogP) is 4.90. The summed E-state index contributed by atoms with van der Waals surface area (Å²) in [4.78, 5) is 15.5. The van der Waals surface area contributed by atoms with Crippen molar-refractivity contribution in [2.45, 2.75) is 12.5 Å². The lowest BCUT2D eigenvalue weighted by Gasteiger charge is -2.26. The fourth-order valence-corrected chi connectivity index (χ4v) is 6.77. The first-order valence-corrected chi connectivity index (χ1v) is 12.4. The van der Waals surface area contributed by atoms with Crippen molar-refractivity contribution >= 4 is 54.8 Å². The molecule has 150 valence electrons. The van der Waals surface area contributed by atoms with Crippen molar-refractivity contribution in [3.05, 3.63) is 76.1 Å². The summed E-state index contributed by atoms with van der Waals surface area (Å²) in [7, 11) is -3.12. The van der Waals surface area contributed by atoms with E-state index in [0.29, 0.717) is 22.9 Å². The third-order valence-electron chi connectivity index (χ3n) is 5.05. The quantitative estimate of drug-likeness (QED) is 0.561. The van der Waals surface area contributed by atoms with E-state index in [1.54, 1.807) is 4.90 Å². The Morgan fingerprint density at radius 2 is 1.86 bits per heavy atom. The number of carbonyl (C=O) groups excluding carboxylic acids is 1. The van der Waals surface area contributed by atoms with Crippen molar-refractivity contribution in [2.75, 3.05) is 18.1 Å². The maximum atomic E-state index is 13.4. The largest absolute Gasteiger partial charge is 0.330 e. The first-order chi connectivity index (χ1) is 13.9. The molecule has 0 radical (unpaired) electrons. The Hall–Kier alpha value is -2.15. The molecule has 1 aliphatic heterocycles. The van der Waals surface area contributed by atoms with Crippen LogP contribution in [0.4, 0.5) is 0 Å². The molecule has 2 heterocycles. The maximum absolute atomic E-state index is 13.4. The van der Waals surface area contributed by atoms with Gasteiger partial charge in [0.05, 0.1) is 16.5 Å². The van der Waals surface area contributed by atoms with Gasteiger partial charge < -0.3 is 4.90 Å². The zero-order valence-corrected chi connectivity index (χ0v) is 18.0. The van der Waals surface area contributed by atoms with Gasteiger partial charge in [0.25, 0.3) is 5.91 Å². The Morgan fingerprint density at radius 1 is 1.14 bits per heavy atom. The lowest BCUT2D eigenvalue weighted by atomic mass is 10.1. The number of rotatable bonds is 5. The molecule has 3 aromatic rings. The molecule has 7 heteroatoms. The van der Waals surface area contributed by atoms with Crippen LogP contribution in [-0.2, 0) is 9.84 Å². The van der Waals surface area contributed by atoms with Gasteiger partial charge in [0.15, 0.2) is 9.84 Å². The number of nitrogens with zero attached hydrogens (tertiary/aromatic N) is 1. The normalized spacial score (nSPS) is 18.4. The number of amides is 1. The molecule has 1 atom stereocenters. The summed E-state index contributed by atoms with van der Waals surface area (Å²) in [5, 5.41) is 1.29. The summed E-state index contributed by atoms with van der Waals surface area (Å²) >= 11 is 7.87. The molecule has 0 saturated carbocycles. The van der Waals surface area contributed by atoms with E-state index in [9.17, 15) is 13.2 Å². The Balaban J connectivity index is 1.64. The second-order valence-corrected chi connectivity index (χ2v) is 10.7. The van der Waals surface area contributed by atoms with Crippen LogP contribution in [0.3, 0.4) is 0 Å². The van der Waals surface area contributed by atoms with Crippen LogP contribution in [0.5, 0.6) is 0 Å². The Morgan fingerprint density at radius 3 is 2.55 bits per heavy atom. The molecule has 0 aliphatic carbocycles. The first-order valence-electron chi connectivity index (χ1n) is 9.34. The van der Waals surface area contributed by atoms with Gasteiger partial charge in [-0.05, 0) is 18.1 Å². The molecule has 1 aromatic heterocycles. The minimum absolute atomic E-state index is 0.000428. The van der Waals surface area contributed by atoms with Crippen LogP contribution in [-0.4, -0.2) is 43.3 Å². The second-order valence-electron chi connectivity index (χ2n) is 7.07. The van der Waals surface area contributed by atoms with Crippen molar-refractivity contribution < 1.29 is 13.2 Å². The van der Waals surface area contributed by atoms with Crippen molar-refractivity contribution in [1.82, 2.24) is 4.90 Å². The smallest absolute Gasteiger partial charge is 0.266 e. The first kappa shape index (κ1) is 20.1. The number of hydrogen-bond donors (Lipinski definition) is 0. The molecule has 0 spiro atoms. The standard InChI is InChI=1S/C22H20ClNO3S2/c23-20-18-10-4-5-11-19(18)28-21(20)22(25)24(17-12-14-29(26,27)15-17)13-6-9-16-7-2-1-3-8-16/h1-11,17H,12-15H2/b9-6+. The maximum Gasteiger partial charge on any atom is 0.266 e. The Labute approximate surface area is 179 Å². The average molecular weight is 446 g/mol. The van der Waals surface area contributed by atoms with E-state index in [2.05, 4.69) is 0 Å². The molecule has 1 aliphatic rings. The third kappa shape index (κ3) is 4.39. The van der Waals surface area contributed by atoms with Gasteiger partial charge in [0.2, 0.25) is 0 Å². The fourth-order valence-electron chi connectivity index (χ4n) is 3.57. The van der Waals surface area contributed by atoms with E-state index in [-0.39, 0.29) is 23.5 Å². The van der Waals surface area contributed by atoms with Gasteiger partial charge in [0, 0.05) is 22.7 Å². The highest BCUT2D eigenvalue weighted by Gasteiger charge is 2.35. The summed E-state index contributed by atoms with van der Waals surface area (Å²) in [6.07, 6.45) is 4.30. The summed E-state index contributed by atoms with van der Waals surface area (Å²) in [5.74, 6) is -0.0965. The van der Waals surface area contributed by atoms with Crippen LogP contribution in [0, 0.1) is 0 Å². The number of carbonyl (C=O) groups is 1. The van der Waals surface area contributed by atoms with Crippen LogP contribution in [0.25, 0.3) is 16.2 Å². The number of thiophene rings is 1. The fraction of sp³-hybridized carbons (Fsp3) is 0.227. The molecule has 2 aromatic carbocycles. The minimum atomic E-state index is -3.12. The third-order valence-corrected chi connectivity index (χ3v) is 8.46. The van der Waals surface area contributed by atoms with E-state index in [4.69, 9.17) is 11.6 Å². The van der Waals surface area contributed by atoms with Crippen molar-refractivity contribution in [1.29, 1.82) is 0 Å². The minimum Gasteiger partial charge on any atom is -0.330 e. The highest BCUT2D eigenvalue weighted by Crippen LogP contribution is 2.36. The summed E-state index contributed by atoms with van der Waals surface area (Å²) < 4.78 is 25.0. The van der Waals surface area contributed by atoms with E-state index in [1.165, 1.54) is 11.3 Å². The topological polar surface area (TPSA) is 54.5 Å². The number of benzene rings is 2. The summed E-state index contributed by atoms with van der Waals surface area (Å²) in [6, 6.07) is 17.1. The van der Waals surface area contributed by atoms with E-state index in [1.807, 2.05) is 66.7 Å². The van der Waals surface area contributed by atoms with Gasteiger partial charge in [0.1, 0.15) is 4.88 Å². The zero-order valence-electron chi connectivity index (χ0n) is 15.6. The van der Waals surface area contributed by atoms with E-state index in [0.717, 1.165) is 15.6 Å². The van der Waals surface area contributed by atoms with Crippen LogP contribution in [0.2, 0.25) is 5.02 Å². The SMILES string of the molecule is O=C(c1sc2ccccc2c1Cl)N(C/C=C/c1ccccc1)C1CCS(=O)(=O)C1. The predicted molar refractivity (Wildman–Crippen MR) is 120 cm³/mol. The lowest BCUT2D eigenvalue weighted by Crippen LogP contribution is -2.41. The van der Waals surface area contributed by atoms with Gasteiger partial charge in [-0.1, -0.05) is 72.3 Å². The molecular weight excluding hydrogens is 426 g/mol. The van der Waals surface area contributed by atoms with Gasteiger partial charge in [-0.2, -0.15) is 0 Å². The van der Waals surface area contributed by atoms with Crippen molar-refractivity contribution in [3.8, 4) is 0 Å². The number of hydrogen-bond acceptors (Lipinski definition) is 4. The molecule has 29 heavy (non-hydrogen) atoms. The van der Waals surface area contributed by atoms with Gasteiger partial charge in [-0.3, -0.25) is 4.79 Å². The van der Waals surface area contributed by atoms with Crippen molar-refractivity contribution in [2.24, 2.45) is 0 Å². The Kier molecular flexibility index (Phi) is 5.76. The van der Waals surface area contributed by atoms with Crippen LogP contribution >= 0.6 is 22.9 Å². The molecule has 0 N–H and O–H groups in total. The number of fused-ring (bicyclic) bond motifs is 1. The summed E-state index contributed by atoms with van der Waals surface area (Å²) in [6.45, 7) is 0.332. The molecule has 1 fully saturated rings.